The number of carbonyl (C=O) groups excluding carboxylic acids is 1. The Morgan fingerprint density at radius 2 is 1.61 bits per heavy atom. The van der Waals surface area contributed by atoms with Crippen LogP contribution in [0.4, 0.5) is 24.7 Å². The minimum atomic E-state index is -4.37. The summed E-state index contributed by atoms with van der Waals surface area (Å²) >= 11 is 0. The summed E-state index contributed by atoms with van der Waals surface area (Å²) in [7, 11) is 0. The van der Waals surface area contributed by atoms with Gasteiger partial charge in [-0.15, -0.1) is 4.91 Å². The number of halogens is 3. The normalized spacial score (nSPS) is 16.5. The molecule has 3 aromatic rings. The van der Waals surface area contributed by atoms with Crippen molar-refractivity contribution in [1.82, 2.24) is 9.88 Å². The molecule has 0 radical (unpaired) electrons. The molecule has 9 heteroatoms. The van der Waals surface area contributed by atoms with Crippen LogP contribution in [0.3, 0.4) is 0 Å². The summed E-state index contributed by atoms with van der Waals surface area (Å²) in [5.41, 5.74) is 2.07. The first-order valence-corrected chi connectivity index (χ1v) is 10.4. The number of hydrogen-bond donors (Lipinski definition) is 0. The first kappa shape index (κ1) is 22.4. The van der Waals surface area contributed by atoms with Crippen molar-refractivity contribution in [3.63, 3.8) is 0 Å². The number of piperazine rings is 1. The van der Waals surface area contributed by atoms with Gasteiger partial charge < -0.3 is 9.80 Å². The third kappa shape index (κ3) is 4.87. The Balaban J connectivity index is 1.42. The lowest BCUT2D eigenvalue weighted by atomic mass is 10.0. The maximum Gasteiger partial charge on any atom is 0.416 e. The Kier molecular flexibility index (Phi) is 6.13. The number of carbonyl (C=O) groups is 1. The lowest BCUT2D eigenvalue weighted by Gasteiger charge is -2.41. The number of benzene rings is 2. The second kappa shape index (κ2) is 9.01. The zero-order valence-corrected chi connectivity index (χ0v) is 17.8. The van der Waals surface area contributed by atoms with Crippen molar-refractivity contribution >= 4 is 17.4 Å². The van der Waals surface area contributed by atoms with E-state index in [0.717, 1.165) is 23.4 Å². The Morgan fingerprint density at radius 1 is 0.970 bits per heavy atom. The fourth-order valence-corrected chi connectivity index (χ4v) is 3.97. The van der Waals surface area contributed by atoms with Crippen LogP contribution in [0.25, 0.3) is 11.1 Å². The monoisotopic (exact) mass is 454 g/mol. The topological polar surface area (TPSA) is 65.9 Å². The van der Waals surface area contributed by atoms with Crippen LogP contribution in [0.15, 0.2) is 72.0 Å². The van der Waals surface area contributed by atoms with Crippen LogP contribution in [-0.2, 0) is 6.18 Å². The number of aromatic nitrogens is 1. The van der Waals surface area contributed by atoms with Crippen molar-refractivity contribution in [2.24, 2.45) is 5.18 Å². The van der Waals surface area contributed by atoms with Crippen LogP contribution in [0.2, 0.25) is 0 Å². The van der Waals surface area contributed by atoms with Gasteiger partial charge in [0.15, 0.2) is 5.82 Å². The van der Waals surface area contributed by atoms with Gasteiger partial charge in [0.1, 0.15) is 0 Å². The Morgan fingerprint density at radius 3 is 2.12 bits per heavy atom. The molecule has 2 heterocycles. The highest BCUT2D eigenvalue weighted by molar-refractivity contribution is 5.95. The summed E-state index contributed by atoms with van der Waals surface area (Å²) in [6, 6.07) is 15.2. The zero-order valence-electron chi connectivity index (χ0n) is 17.8. The largest absolute Gasteiger partial charge is 0.416 e. The highest BCUT2D eigenvalue weighted by Crippen LogP contribution is 2.31. The van der Waals surface area contributed by atoms with Gasteiger partial charge in [-0.05, 0) is 59.6 Å². The van der Waals surface area contributed by atoms with Crippen LogP contribution in [0.1, 0.15) is 22.8 Å². The average molecular weight is 454 g/mol. The molecule has 0 aliphatic carbocycles. The van der Waals surface area contributed by atoms with Crippen molar-refractivity contribution in [1.29, 1.82) is 0 Å². The maximum absolute atomic E-state index is 13.0. The zero-order chi connectivity index (χ0) is 23.6. The molecular formula is C24H21F3N4O2. The third-order valence-electron chi connectivity index (χ3n) is 5.75. The van der Waals surface area contributed by atoms with Crippen molar-refractivity contribution in [2.45, 2.75) is 19.1 Å². The van der Waals surface area contributed by atoms with Gasteiger partial charge in [0.05, 0.1) is 17.4 Å². The van der Waals surface area contributed by atoms with Crippen molar-refractivity contribution in [3.8, 4) is 11.1 Å². The van der Waals surface area contributed by atoms with Gasteiger partial charge in [0.25, 0.3) is 5.91 Å². The van der Waals surface area contributed by atoms with Gasteiger partial charge in [0.2, 0.25) is 0 Å². The number of alkyl halides is 3. The van der Waals surface area contributed by atoms with E-state index in [2.05, 4.69) is 15.1 Å². The lowest BCUT2D eigenvalue weighted by molar-refractivity contribution is -0.137. The molecule has 4 rings (SSSR count). The number of anilines is 1. The van der Waals surface area contributed by atoms with Crippen LogP contribution in [-0.4, -0.2) is 41.5 Å². The molecule has 0 N–H and O–H groups in total. The van der Waals surface area contributed by atoms with E-state index in [1.807, 2.05) is 6.92 Å². The van der Waals surface area contributed by atoms with Crippen molar-refractivity contribution in [2.75, 3.05) is 24.5 Å². The van der Waals surface area contributed by atoms with E-state index in [0.29, 0.717) is 30.8 Å². The minimum Gasteiger partial charge on any atom is -0.364 e. The molecule has 1 fully saturated rings. The number of nitroso groups, excluding NO2 is 1. The third-order valence-corrected chi connectivity index (χ3v) is 5.75. The summed E-state index contributed by atoms with van der Waals surface area (Å²) in [5.74, 6) is 0.0269. The second-order valence-corrected chi connectivity index (χ2v) is 7.91. The van der Waals surface area contributed by atoms with E-state index < -0.39 is 11.7 Å². The number of rotatable bonds is 4. The van der Waals surface area contributed by atoms with E-state index in [1.165, 1.54) is 12.1 Å². The number of amides is 1. The molecule has 1 aliphatic rings. The fourth-order valence-electron chi connectivity index (χ4n) is 3.97. The van der Waals surface area contributed by atoms with Gasteiger partial charge >= 0.3 is 6.18 Å². The van der Waals surface area contributed by atoms with Gasteiger partial charge in [0, 0.05) is 31.2 Å². The number of pyridine rings is 1. The lowest BCUT2D eigenvalue weighted by Crippen LogP contribution is -2.53. The molecule has 1 aromatic heterocycles. The molecule has 0 saturated carbocycles. The van der Waals surface area contributed by atoms with E-state index in [4.69, 9.17) is 0 Å². The van der Waals surface area contributed by atoms with Gasteiger partial charge in [-0.1, -0.05) is 24.3 Å². The highest BCUT2D eigenvalue weighted by Gasteiger charge is 2.30. The smallest absolute Gasteiger partial charge is 0.364 e. The molecule has 0 spiro atoms. The van der Waals surface area contributed by atoms with Crippen LogP contribution >= 0.6 is 0 Å². The highest BCUT2D eigenvalue weighted by atomic mass is 19.4. The molecule has 1 saturated heterocycles. The van der Waals surface area contributed by atoms with Gasteiger partial charge in [-0.3, -0.25) is 4.79 Å². The fraction of sp³-hybridized carbons (Fsp3) is 0.250. The Bertz CT molecular complexity index is 1130. The summed E-state index contributed by atoms with van der Waals surface area (Å²) in [4.78, 5) is 31.5. The summed E-state index contributed by atoms with van der Waals surface area (Å²) in [5, 5.41) is 2.81. The summed E-state index contributed by atoms with van der Waals surface area (Å²) in [6.45, 7) is 3.68. The van der Waals surface area contributed by atoms with Gasteiger partial charge in [-0.2, -0.15) is 13.2 Å². The number of hydrogen-bond acceptors (Lipinski definition) is 5. The van der Waals surface area contributed by atoms with Crippen LogP contribution < -0.4 is 4.90 Å². The molecule has 2 aromatic carbocycles. The molecule has 0 unspecified atom stereocenters. The molecule has 1 atom stereocenters. The SMILES string of the molecule is C[C@@H]1CN(C(=O)c2ccc(-c3ccc(C(F)(F)F)cc3)cc2)CCN1c1ccc(N=O)nc1. The van der Waals surface area contributed by atoms with Crippen LogP contribution in [0.5, 0.6) is 0 Å². The van der Waals surface area contributed by atoms with Crippen molar-refractivity contribution < 1.29 is 18.0 Å². The summed E-state index contributed by atoms with van der Waals surface area (Å²) in [6.07, 6.45) is -2.77. The first-order chi connectivity index (χ1) is 15.8. The molecule has 33 heavy (non-hydrogen) atoms. The Hall–Kier alpha value is -3.75. The summed E-state index contributed by atoms with van der Waals surface area (Å²) < 4.78 is 38.3. The van der Waals surface area contributed by atoms with Crippen LogP contribution in [0, 0.1) is 4.91 Å². The Labute approximate surface area is 188 Å². The molecule has 6 nitrogen and oxygen atoms in total. The predicted molar refractivity (Wildman–Crippen MR) is 119 cm³/mol. The maximum atomic E-state index is 13.0. The molecule has 1 amide bonds. The molecule has 0 bridgehead atoms. The van der Waals surface area contributed by atoms with Crippen molar-refractivity contribution in [3.05, 3.63) is 82.9 Å². The van der Waals surface area contributed by atoms with E-state index in [9.17, 15) is 22.9 Å². The predicted octanol–water partition coefficient (Wildman–Crippen LogP) is 5.52. The minimum absolute atomic E-state index is 0.0472. The van der Waals surface area contributed by atoms with E-state index >= 15 is 0 Å². The van der Waals surface area contributed by atoms with Gasteiger partial charge in [-0.25, -0.2) is 4.98 Å². The average Bonchev–Trinajstić information content (AvgIpc) is 2.83. The first-order valence-electron chi connectivity index (χ1n) is 10.4. The quantitative estimate of drug-likeness (QED) is 0.487. The van der Waals surface area contributed by atoms with E-state index in [-0.39, 0.29) is 17.8 Å². The molecule has 1 aliphatic heterocycles. The molecule has 170 valence electrons. The number of nitrogens with zero attached hydrogens (tertiary/aromatic N) is 4. The van der Waals surface area contributed by atoms with E-state index in [1.54, 1.807) is 47.5 Å². The standard InChI is InChI=1S/C24H21F3N4O2/c1-16-15-30(12-13-31(16)21-10-11-22(29-33)28-14-21)23(32)19-4-2-17(3-5-19)18-6-8-20(9-7-18)24(25,26)27/h2-11,14,16H,12-13,15H2,1H3/t16-/m1/s1. The molecular weight excluding hydrogens is 433 g/mol. The second-order valence-electron chi connectivity index (χ2n) is 7.91.